The number of methoxy groups -OCH3 is 1. The predicted molar refractivity (Wildman–Crippen MR) is 57.3 cm³/mol. The zero-order chi connectivity index (χ0) is 11.4. The van der Waals surface area contributed by atoms with Gasteiger partial charge in [0.2, 0.25) is 0 Å². The largest absolute Gasteiger partial charge is 0.508 e. The molecule has 16 heavy (non-hydrogen) atoms. The minimum atomic E-state index is 0.00690. The zero-order valence-electron chi connectivity index (χ0n) is 9.10. The molecule has 5 heteroatoms. The Morgan fingerprint density at radius 1 is 1.50 bits per heavy atom. The van der Waals surface area contributed by atoms with Crippen LogP contribution >= 0.6 is 0 Å². The minimum absolute atomic E-state index is 0.00690. The fourth-order valence-corrected chi connectivity index (χ4v) is 1.58. The second-order valence-electron chi connectivity index (χ2n) is 3.54. The first-order chi connectivity index (χ1) is 7.81. The highest BCUT2D eigenvalue weighted by Crippen LogP contribution is 2.34. The summed E-state index contributed by atoms with van der Waals surface area (Å²) in [5.41, 5.74) is 3.90. The third-order valence-electron chi connectivity index (χ3n) is 2.39. The van der Waals surface area contributed by atoms with E-state index in [9.17, 15) is 5.11 Å². The highest BCUT2D eigenvalue weighted by atomic mass is 16.7. The Morgan fingerprint density at radius 3 is 3.19 bits per heavy atom. The Bertz CT molecular complexity index is 356. The number of rotatable bonds is 5. The van der Waals surface area contributed by atoms with Crippen molar-refractivity contribution < 1.29 is 19.4 Å². The zero-order valence-corrected chi connectivity index (χ0v) is 9.10. The molecule has 5 nitrogen and oxygen atoms in total. The lowest BCUT2D eigenvalue weighted by Gasteiger charge is -2.11. The molecule has 0 fully saturated rings. The van der Waals surface area contributed by atoms with Gasteiger partial charge in [0.05, 0.1) is 19.3 Å². The number of phenolic OH excluding ortho intramolecular Hbond substituents is 1. The number of hydrogen-bond acceptors (Lipinski definition) is 5. The number of ether oxygens (including phenoxy) is 2. The van der Waals surface area contributed by atoms with E-state index in [-0.39, 0.29) is 11.8 Å². The van der Waals surface area contributed by atoms with Gasteiger partial charge < -0.3 is 14.6 Å². The lowest BCUT2D eigenvalue weighted by molar-refractivity contribution is -0.0153. The van der Waals surface area contributed by atoms with Crippen LogP contribution in [0.4, 0.5) is 0 Å². The highest BCUT2D eigenvalue weighted by Gasteiger charge is 2.24. The molecular weight excluding hydrogens is 210 g/mol. The van der Waals surface area contributed by atoms with E-state index in [0.29, 0.717) is 25.6 Å². The molecule has 0 radical (unpaired) electrons. The van der Waals surface area contributed by atoms with Gasteiger partial charge in [-0.1, -0.05) is 0 Å². The van der Waals surface area contributed by atoms with Crippen molar-refractivity contribution in [2.75, 3.05) is 26.9 Å². The van der Waals surface area contributed by atoms with Crippen LogP contribution in [0.2, 0.25) is 0 Å². The molecule has 0 saturated carbocycles. The maximum absolute atomic E-state index is 9.28. The molecule has 1 aliphatic rings. The summed E-state index contributed by atoms with van der Waals surface area (Å²) >= 11 is 0. The van der Waals surface area contributed by atoms with Gasteiger partial charge in [0, 0.05) is 18.7 Å². The van der Waals surface area contributed by atoms with E-state index >= 15 is 0 Å². The third-order valence-corrected chi connectivity index (χ3v) is 2.39. The summed E-state index contributed by atoms with van der Waals surface area (Å²) in [5.74, 6) is 0.910. The molecule has 2 rings (SSSR count). The van der Waals surface area contributed by atoms with Crippen LogP contribution in [0, 0.1) is 0 Å². The van der Waals surface area contributed by atoms with Gasteiger partial charge in [-0.05, 0) is 12.1 Å². The number of fused-ring (bicyclic) bond motifs is 1. The van der Waals surface area contributed by atoms with E-state index < -0.39 is 0 Å². The van der Waals surface area contributed by atoms with Gasteiger partial charge in [0.15, 0.2) is 0 Å². The maximum atomic E-state index is 9.28. The van der Waals surface area contributed by atoms with Crippen LogP contribution in [-0.2, 0) is 9.57 Å². The number of nitrogens with one attached hydrogen (secondary N) is 1. The summed E-state index contributed by atoms with van der Waals surface area (Å²) in [5, 5.41) is 9.28. The molecule has 0 aliphatic carbocycles. The topological polar surface area (TPSA) is 60.0 Å². The van der Waals surface area contributed by atoms with E-state index in [1.165, 1.54) is 0 Å². The molecule has 1 aromatic carbocycles. The summed E-state index contributed by atoms with van der Waals surface area (Å²) < 4.78 is 10.3. The second kappa shape index (κ2) is 5.16. The molecule has 0 amide bonds. The second-order valence-corrected chi connectivity index (χ2v) is 3.54. The van der Waals surface area contributed by atoms with Crippen molar-refractivity contribution in [3.63, 3.8) is 0 Å². The molecule has 0 aromatic heterocycles. The van der Waals surface area contributed by atoms with Gasteiger partial charge in [-0.3, -0.25) is 4.84 Å². The van der Waals surface area contributed by atoms with Gasteiger partial charge in [0.25, 0.3) is 0 Å². The summed E-state index contributed by atoms with van der Waals surface area (Å²) in [4.78, 5) is 5.23. The van der Waals surface area contributed by atoms with Crippen LogP contribution in [0.3, 0.4) is 0 Å². The summed E-state index contributed by atoms with van der Waals surface area (Å²) in [7, 11) is 1.63. The van der Waals surface area contributed by atoms with Gasteiger partial charge in [0.1, 0.15) is 18.1 Å². The van der Waals surface area contributed by atoms with Crippen molar-refractivity contribution in [3.05, 3.63) is 23.8 Å². The number of phenols is 1. The number of aromatic hydroxyl groups is 1. The van der Waals surface area contributed by atoms with E-state index in [1.807, 2.05) is 6.07 Å². The minimum Gasteiger partial charge on any atom is -0.508 e. The van der Waals surface area contributed by atoms with Crippen LogP contribution in [0.1, 0.15) is 11.6 Å². The predicted octanol–water partition coefficient (Wildman–Crippen LogP) is 0.993. The normalized spacial score (nSPS) is 18.2. The smallest absolute Gasteiger partial charge is 0.128 e. The molecule has 88 valence electrons. The number of hydroxylamine groups is 1. The quantitative estimate of drug-likeness (QED) is 0.578. The molecule has 1 aromatic rings. The maximum Gasteiger partial charge on any atom is 0.128 e. The van der Waals surface area contributed by atoms with Crippen molar-refractivity contribution in [2.45, 2.75) is 6.04 Å². The highest BCUT2D eigenvalue weighted by molar-refractivity contribution is 5.44. The van der Waals surface area contributed by atoms with Gasteiger partial charge in [-0.15, -0.1) is 0 Å². The molecular formula is C11H15NO4. The van der Waals surface area contributed by atoms with E-state index in [4.69, 9.17) is 14.3 Å². The van der Waals surface area contributed by atoms with Crippen molar-refractivity contribution in [1.82, 2.24) is 5.48 Å². The van der Waals surface area contributed by atoms with Gasteiger partial charge >= 0.3 is 0 Å². The van der Waals surface area contributed by atoms with E-state index in [2.05, 4.69) is 5.48 Å². The lowest BCUT2D eigenvalue weighted by atomic mass is 10.1. The molecule has 0 bridgehead atoms. The molecule has 1 unspecified atom stereocenters. The fourth-order valence-electron chi connectivity index (χ4n) is 1.58. The Morgan fingerprint density at radius 2 is 2.38 bits per heavy atom. The Kier molecular flexibility index (Phi) is 3.61. The van der Waals surface area contributed by atoms with Crippen molar-refractivity contribution in [1.29, 1.82) is 0 Å². The van der Waals surface area contributed by atoms with Crippen LogP contribution in [0.5, 0.6) is 11.5 Å². The van der Waals surface area contributed by atoms with Crippen molar-refractivity contribution >= 4 is 0 Å². The Labute approximate surface area is 93.9 Å². The van der Waals surface area contributed by atoms with E-state index in [0.717, 1.165) is 5.56 Å². The number of benzene rings is 1. The SMILES string of the molecule is COCCONC1COc2cc(O)ccc21. The van der Waals surface area contributed by atoms with Crippen LogP contribution in [0.25, 0.3) is 0 Å². The first-order valence-electron chi connectivity index (χ1n) is 5.13. The molecule has 1 aliphatic heterocycles. The molecule has 1 heterocycles. The summed E-state index contributed by atoms with van der Waals surface area (Å²) in [6, 6.07) is 5.07. The van der Waals surface area contributed by atoms with E-state index in [1.54, 1.807) is 19.2 Å². The summed E-state index contributed by atoms with van der Waals surface area (Å²) in [6.07, 6.45) is 0. The van der Waals surface area contributed by atoms with Crippen molar-refractivity contribution in [2.24, 2.45) is 0 Å². The fraction of sp³-hybridized carbons (Fsp3) is 0.455. The molecule has 0 saturated heterocycles. The van der Waals surface area contributed by atoms with Crippen molar-refractivity contribution in [3.8, 4) is 11.5 Å². The first kappa shape index (κ1) is 11.2. The van der Waals surface area contributed by atoms with Crippen LogP contribution < -0.4 is 10.2 Å². The Balaban J connectivity index is 1.91. The number of hydrogen-bond donors (Lipinski definition) is 2. The average molecular weight is 225 g/mol. The average Bonchev–Trinajstić information content (AvgIpc) is 2.67. The first-order valence-corrected chi connectivity index (χ1v) is 5.13. The summed E-state index contributed by atoms with van der Waals surface area (Å²) in [6.45, 7) is 1.54. The molecule has 2 N–H and O–H groups in total. The van der Waals surface area contributed by atoms with Gasteiger partial charge in [-0.25, -0.2) is 0 Å². The third kappa shape index (κ3) is 2.44. The molecule has 1 atom stereocenters. The Hall–Kier alpha value is -1.30. The monoisotopic (exact) mass is 225 g/mol. The van der Waals surface area contributed by atoms with Gasteiger partial charge in [-0.2, -0.15) is 5.48 Å². The van der Waals surface area contributed by atoms with Crippen LogP contribution in [0.15, 0.2) is 18.2 Å². The van der Waals surface area contributed by atoms with Crippen LogP contribution in [-0.4, -0.2) is 32.0 Å². The molecule has 0 spiro atoms. The standard InChI is InChI=1S/C11H15NO4/c1-14-4-5-16-12-10-7-15-11-6-8(13)2-3-9(10)11/h2-3,6,10,12-13H,4-5,7H2,1H3. The lowest BCUT2D eigenvalue weighted by Crippen LogP contribution is -2.24.